The van der Waals surface area contributed by atoms with Crippen LogP contribution in [0.1, 0.15) is 137 Å². The topological polar surface area (TPSA) is 596 Å². The average Bonchev–Trinajstić information content (AvgIpc) is 1.61. The van der Waals surface area contributed by atoms with Crippen LogP contribution < -0.4 is 85.9 Å². The number of H-pyrrole nitrogens is 2. The number of nitrogens with zero attached hydrogens (tertiary/aromatic N) is 4. The van der Waals surface area contributed by atoms with Gasteiger partial charge in [0.2, 0.25) is 94.5 Å². The highest BCUT2D eigenvalue weighted by Gasteiger charge is 2.44. The molecule has 0 spiro atoms. The molecule has 2 aromatic heterocycles. The summed E-state index contributed by atoms with van der Waals surface area (Å²) in [6.07, 6.45) is -0.125. The van der Waals surface area contributed by atoms with Crippen LogP contribution in [0, 0.1) is 11.8 Å². The number of amides is 16. The van der Waals surface area contributed by atoms with Crippen molar-refractivity contribution in [2.45, 2.75) is 223 Å². The van der Waals surface area contributed by atoms with Crippen LogP contribution in [0.15, 0.2) is 116 Å². The van der Waals surface area contributed by atoms with Crippen molar-refractivity contribution in [1.82, 2.24) is 88.1 Å². The van der Waals surface area contributed by atoms with Gasteiger partial charge in [-0.3, -0.25) is 81.5 Å². The number of carboxylic acids is 1. The van der Waals surface area contributed by atoms with Crippen LogP contribution in [-0.4, -0.2) is 288 Å². The number of aliphatic hydroxyl groups excluding tert-OH is 1. The number of thioether (sulfide) groups is 3. The number of hydrogen-bond donors (Lipinski definition) is 20. The number of primary amides is 1. The van der Waals surface area contributed by atoms with Gasteiger partial charge in [0, 0.05) is 185 Å². The van der Waals surface area contributed by atoms with E-state index in [2.05, 4.69) is 84.4 Å². The average molecular weight is 2030 g/mol. The number of aliphatic carboxylic acids is 1. The number of carbonyl (C=O) groups excluding carboxylic acids is 16. The number of para-hydroxylation sites is 2. The lowest BCUT2D eigenvalue weighted by Crippen LogP contribution is -2.63. The number of nitrogens with one attached hydrogen (secondary N) is 16. The van der Waals surface area contributed by atoms with Gasteiger partial charge in [-0.15, -0.1) is 0 Å². The molecule has 7 aromatic rings. The Balaban J connectivity index is 0.951. The second-order valence-electron chi connectivity index (χ2n) is 37.3. The Bertz CT molecular complexity index is 5860. The molecule has 41 nitrogen and oxygen atoms in total. The Hall–Kier alpha value is -13.5. The van der Waals surface area contributed by atoms with Crippen molar-refractivity contribution in [2.24, 2.45) is 23.3 Å². The maximum Gasteiger partial charge on any atom is 0.305 e. The SMILES string of the molecule is CNc1cc2cc(c1)CN1Cc3cc(cc(NC)c3)CN3Cc4cc(cc(NC)c4)CN(C2)C(=O)CCSC[C@@H](C(N)=O)NC(=O)[C@@H]2CCCN2C(=O)[C@H](C(C)C)NC(=O)[C@H](Cc2c[nH]c4ccccc24)NC(=O)CNC(=O)[C@H](CC(=O)O)NC(=O)[C@H](C(C)C)NC(=O)[C@H](Cc2c[nH]c4ccccc24)NC(=O)[C@H](CSCCC3=O)NC(=O)[C@@H]2CCC[C@@H](O)[C@H](NC(=O)[C@@H](NC(=O)[C@H](C)N)CSCCC1=O)C(=O)N2. The zero-order chi connectivity index (χ0) is 103. The standard InChI is InChI=1S/C99H130N22O19S3/c1-53(2)85-97(138)111-74(40-84(127)128)90(131)107-43-80(123)108-72(38-62-41-105-69-17-11-9-15-67(62)69)92(133)116-86(54(3)4)99(140)121-25-14-20-78(121)96(137)112-75(88(101)129)50-141-26-22-81(124)118-44-56-29-58(34-64(32-56)102-6)46-119-47-60-31-61(37-66(36-60)104-8)49-120(48-59-30-57(45-118)33-65(35-59)103-7)83(126)24-28-143-52-77(113-89(130)55(5)100)95(136)117-87-79(122)21-13-19-71(109-98(87)139)91(132)114-76(51-142-27-23-82(119)125)94(135)110-73(93(134)115-85)39-63-42-106-70-18-12-10-16-68(63)70/h9-12,15-18,29-37,41-42,53-55,71-79,85-87,102-106,122H,13-14,19-28,38-40,43-52,100H2,1-8H3,(H2,101,129)(H,107,131)(H,108,123)(H,109,139)(H,110,135)(H,111,138)(H,112,137)(H,113,130)(H,114,132)(H,115,134)(H,116,133)(H,117,136)(H,127,128)/t55-,71-,72-,73-,74-,75-,76-,77-,78-,79+,85-,86-,87-/m0/s1. The summed E-state index contributed by atoms with van der Waals surface area (Å²) in [5.41, 5.74) is 20.2. The molecule has 12 rings (SSSR count). The smallest absolute Gasteiger partial charge is 0.305 e. The molecule has 0 unspecified atom stereocenters. The maximum atomic E-state index is 15.8. The third-order valence-electron chi connectivity index (χ3n) is 25.7. The van der Waals surface area contributed by atoms with E-state index >= 15 is 38.4 Å². The lowest BCUT2D eigenvalue weighted by Gasteiger charge is -2.32. The molecule has 12 bridgehead atoms. The van der Waals surface area contributed by atoms with E-state index in [1.807, 2.05) is 54.6 Å². The van der Waals surface area contributed by atoms with Crippen LogP contribution in [0.5, 0.6) is 0 Å². The molecule has 2 saturated heterocycles. The van der Waals surface area contributed by atoms with Crippen molar-refractivity contribution in [3.8, 4) is 0 Å². The zero-order valence-electron chi connectivity index (χ0n) is 81.3. The Kier molecular flexibility index (Phi) is 38.6. The monoisotopic (exact) mass is 2030 g/mol. The summed E-state index contributed by atoms with van der Waals surface area (Å²) in [5.74, 6) is -16.8. The fourth-order valence-corrected chi connectivity index (χ4v) is 20.9. The first kappa shape index (κ1) is 108. The summed E-state index contributed by atoms with van der Waals surface area (Å²) >= 11 is 3.35. The third kappa shape index (κ3) is 29.9. The van der Waals surface area contributed by atoms with Crippen LogP contribution in [0.2, 0.25) is 0 Å². The second-order valence-corrected chi connectivity index (χ2v) is 40.8. The predicted molar refractivity (Wildman–Crippen MR) is 542 cm³/mol. The van der Waals surface area contributed by atoms with Crippen molar-refractivity contribution in [3.63, 3.8) is 0 Å². The van der Waals surface area contributed by atoms with E-state index in [4.69, 9.17) is 11.5 Å². The highest BCUT2D eigenvalue weighted by atomic mass is 32.2. The van der Waals surface area contributed by atoms with Gasteiger partial charge in [-0.25, -0.2) is 0 Å². The van der Waals surface area contributed by atoms with Crippen molar-refractivity contribution < 1.29 is 91.7 Å². The fraction of sp³-hybridized carbons (Fsp3) is 0.485. The third-order valence-corrected chi connectivity index (χ3v) is 28.9. The number of fused-ring (bicyclic) bond motifs is 15. The summed E-state index contributed by atoms with van der Waals surface area (Å²) in [5, 5.41) is 62.3. The van der Waals surface area contributed by atoms with Crippen molar-refractivity contribution in [2.75, 3.05) is 84.7 Å². The quantitative estimate of drug-likeness (QED) is 0.0736. The van der Waals surface area contributed by atoms with Gasteiger partial charge in [-0.2, -0.15) is 35.3 Å². The molecule has 0 saturated carbocycles. The van der Waals surface area contributed by atoms with E-state index in [1.54, 1.807) is 111 Å². The van der Waals surface area contributed by atoms with Crippen LogP contribution >= 0.6 is 35.3 Å². The second kappa shape index (κ2) is 51.0. The van der Waals surface area contributed by atoms with E-state index in [0.29, 0.717) is 89.8 Å². The molecule has 2 fully saturated rings. The number of hydrogen-bond acceptors (Lipinski definition) is 25. The van der Waals surface area contributed by atoms with Gasteiger partial charge in [0.25, 0.3) is 0 Å². The number of nitrogens with two attached hydrogens (primary N) is 2. The van der Waals surface area contributed by atoms with Gasteiger partial charge in [-0.1, -0.05) is 82.3 Å². The zero-order valence-corrected chi connectivity index (χ0v) is 83.8. The molecule has 7 heterocycles. The molecular weight excluding hydrogens is 1900 g/mol. The Morgan fingerprint density at radius 2 is 0.923 bits per heavy atom. The molecule has 5 aliphatic heterocycles. The van der Waals surface area contributed by atoms with E-state index in [-0.39, 0.29) is 150 Å². The normalized spacial score (nSPS) is 24.1. The summed E-state index contributed by atoms with van der Waals surface area (Å²) in [7, 11) is 5.20. The summed E-state index contributed by atoms with van der Waals surface area (Å²) in [6.45, 7) is 6.85. The Labute approximate surface area is 840 Å². The molecule has 0 radical (unpaired) electrons. The van der Waals surface area contributed by atoms with Gasteiger partial charge in [-0.05, 0) is 144 Å². The number of aliphatic hydroxyl groups is 1. The van der Waals surface area contributed by atoms with Gasteiger partial charge < -0.3 is 126 Å². The largest absolute Gasteiger partial charge is 0.481 e. The molecule has 5 aliphatic rings. The number of anilines is 3. The number of benzene rings is 5. The van der Waals surface area contributed by atoms with Crippen LogP contribution in [0.3, 0.4) is 0 Å². The minimum atomic E-state index is -1.95. The predicted octanol–water partition coefficient (Wildman–Crippen LogP) is 1.68. The van der Waals surface area contributed by atoms with Gasteiger partial charge in [0.15, 0.2) is 0 Å². The number of carbonyl (C=O) groups is 17. The molecule has 5 aromatic carbocycles. The van der Waals surface area contributed by atoms with Gasteiger partial charge >= 0.3 is 5.97 Å². The molecule has 13 atom stereocenters. The highest BCUT2D eigenvalue weighted by molar-refractivity contribution is 7.99. The Morgan fingerprint density at radius 1 is 0.469 bits per heavy atom. The number of carboxylic acid groups (broad SMARTS) is 1. The molecule has 0 aliphatic carbocycles. The van der Waals surface area contributed by atoms with Gasteiger partial charge in [0.05, 0.1) is 25.1 Å². The molecule has 16 amide bonds. The molecule has 22 N–H and O–H groups in total. The van der Waals surface area contributed by atoms with E-state index in [1.165, 1.54) is 37.4 Å². The summed E-state index contributed by atoms with van der Waals surface area (Å²) in [4.78, 5) is 263. The van der Waals surface area contributed by atoms with Crippen molar-refractivity contribution in [1.29, 1.82) is 0 Å². The lowest BCUT2D eigenvalue weighted by molar-refractivity contribution is -0.143. The Morgan fingerprint density at radius 3 is 1.40 bits per heavy atom. The van der Waals surface area contributed by atoms with Gasteiger partial charge in [0.1, 0.15) is 66.5 Å². The number of rotatable bonds is 14. The van der Waals surface area contributed by atoms with E-state index < -0.39 is 192 Å². The number of aromatic nitrogens is 2. The van der Waals surface area contributed by atoms with Crippen LogP contribution in [0.4, 0.5) is 17.1 Å². The molecule has 768 valence electrons. The molecule has 143 heavy (non-hydrogen) atoms. The summed E-state index contributed by atoms with van der Waals surface area (Å²) < 4.78 is 0. The first-order valence-electron chi connectivity index (χ1n) is 48.0. The van der Waals surface area contributed by atoms with E-state index in [9.17, 15) is 53.4 Å². The molecular formula is C99H130N22O19S3. The first-order chi connectivity index (χ1) is 68.4. The fourth-order valence-electron chi connectivity index (χ4n) is 18.0. The van der Waals surface area contributed by atoms with Crippen molar-refractivity contribution in [3.05, 3.63) is 160 Å². The number of aromatic amines is 2. The van der Waals surface area contributed by atoms with Crippen LogP contribution in [0.25, 0.3) is 21.8 Å². The van der Waals surface area contributed by atoms with Crippen LogP contribution in [-0.2, 0) is 134 Å². The highest BCUT2D eigenvalue weighted by Crippen LogP contribution is 2.31. The summed E-state index contributed by atoms with van der Waals surface area (Å²) in [6, 6.07) is 13.1. The van der Waals surface area contributed by atoms with E-state index in [0.717, 1.165) is 23.5 Å². The minimum absolute atomic E-state index is 0.00125. The van der Waals surface area contributed by atoms with Crippen molar-refractivity contribution >= 4 is 175 Å². The lowest BCUT2D eigenvalue weighted by atomic mass is 9.97. The maximum absolute atomic E-state index is 15.8. The minimum Gasteiger partial charge on any atom is -0.481 e. The molecule has 44 heteroatoms. The first-order valence-corrected chi connectivity index (χ1v) is 51.5.